The third-order valence-corrected chi connectivity index (χ3v) is 3.04. The molecule has 0 radical (unpaired) electrons. The van der Waals surface area contributed by atoms with Gasteiger partial charge in [0.1, 0.15) is 6.54 Å². The van der Waals surface area contributed by atoms with E-state index in [2.05, 4.69) is 20.6 Å². The second-order valence-corrected chi connectivity index (χ2v) is 4.40. The minimum absolute atomic E-state index is 0.0180. The number of nitrogens with one attached hydrogen (secondary N) is 2. The molecule has 2 heterocycles. The Kier molecular flexibility index (Phi) is 3.01. The lowest BCUT2D eigenvalue weighted by Crippen LogP contribution is -2.03. The predicted molar refractivity (Wildman–Crippen MR) is 73.9 cm³/mol. The van der Waals surface area contributed by atoms with Crippen LogP contribution in [0.1, 0.15) is 5.56 Å². The van der Waals surface area contributed by atoms with Gasteiger partial charge in [-0.2, -0.15) is 5.26 Å². The van der Waals surface area contributed by atoms with Crippen LogP contribution in [0.3, 0.4) is 0 Å². The highest BCUT2D eigenvalue weighted by Gasteiger charge is 2.17. The maximum absolute atomic E-state index is 11.3. The lowest BCUT2D eigenvalue weighted by molar-refractivity contribution is -0.115. The Bertz CT molecular complexity index is 702. The zero-order chi connectivity index (χ0) is 13.9. The summed E-state index contributed by atoms with van der Waals surface area (Å²) in [4.78, 5) is 19.6. The molecule has 1 aromatic heterocycles. The smallest absolute Gasteiger partial charge is 0.228 e. The lowest BCUT2D eigenvalue weighted by atomic mass is 10.0. The largest absolute Gasteiger partial charge is 0.341 e. The summed E-state index contributed by atoms with van der Waals surface area (Å²) >= 11 is 0. The van der Waals surface area contributed by atoms with Gasteiger partial charge in [0.05, 0.1) is 12.5 Å². The van der Waals surface area contributed by atoms with Crippen molar-refractivity contribution in [1.29, 1.82) is 5.26 Å². The monoisotopic (exact) mass is 265 g/mol. The van der Waals surface area contributed by atoms with Crippen molar-refractivity contribution in [2.24, 2.45) is 0 Å². The van der Waals surface area contributed by atoms with Crippen LogP contribution >= 0.6 is 0 Å². The van der Waals surface area contributed by atoms with Gasteiger partial charge in [0, 0.05) is 23.6 Å². The van der Waals surface area contributed by atoms with Crippen LogP contribution < -0.4 is 10.6 Å². The molecular weight excluding hydrogens is 254 g/mol. The molecule has 6 nitrogen and oxygen atoms in total. The molecule has 0 bridgehead atoms. The molecule has 0 saturated carbocycles. The second-order valence-electron chi connectivity index (χ2n) is 4.40. The van der Waals surface area contributed by atoms with E-state index in [9.17, 15) is 4.79 Å². The molecule has 1 aliphatic rings. The van der Waals surface area contributed by atoms with Crippen molar-refractivity contribution in [3.8, 4) is 17.2 Å². The number of nitrogens with zero attached hydrogens (tertiary/aromatic N) is 3. The Hall–Kier alpha value is -2.94. The Morgan fingerprint density at radius 2 is 2.10 bits per heavy atom. The number of carbonyl (C=O) groups is 1. The number of hydrogen-bond donors (Lipinski definition) is 2. The highest BCUT2D eigenvalue weighted by Crippen LogP contribution is 2.28. The average Bonchev–Trinajstić information content (AvgIpc) is 2.84. The first-order valence-electron chi connectivity index (χ1n) is 6.12. The van der Waals surface area contributed by atoms with Gasteiger partial charge in [0.15, 0.2) is 0 Å². The zero-order valence-electron chi connectivity index (χ0n) is 10.6. The highest BCUT2D eigenvalue weighted by molar-refractivity contribution is 5.99. The van der Waals surface area contributed by atoms with Crippen LogP contribution in [0.15, 0.2) is 30.6 Å². The fourth-order valence-electron chi connectivity index (χ4n) is 2.10. The van der Waals surface area contributed by atoms with E-state index in [-0.39, 0.29) is 12.5 Å². The summed E-state index contributed by atoms with van der Waals surface area (Å²) in [5.41, 5.74) is 3.69. The molecule has 1 aromatic carbocycles. The third-order valence-electron chi connectivity index (χ3n) is 3.04. The summed E-state index contributed by atoms with van der Waals surface area (Å²) in [7, 11) is 0. The van der Waals surface area contributed by atoms with Gasteiger partial charge in [-0.3, -0.25) is 4.79 Å². The number of fused-ring (bicyclic) bond motifs is 1. The van der Waals surface area contributed by atoms with Crippen molar-refractivity contribution in [2.75, 3.05) is 17.2 Å². The van der Waals surface area contributed by atoms with E-state index >= 15 is 0 Å². The molecule has 0 saturated heterocycles. The first-order chi connectivity index (χ1) is 9.76. The molecule has 3 rings (SSSR count). The van der Waals surface area contributed by atoms with Crippen LogP contribution in [0, 0.1) is 11.3 Å². The molecular formula is C14H11N5O. The van der Waals surface area contributed by atoms with E-state index in [0.717, 1.165) is 22.4 Å². The van der Waals surface area contributed by atoms with E-state index in [4.69, 9.17) is 5.26 Å². The first-order valence-corrected chi connectivity index (χ1v) is 6.12. The fourth-order valence-corrected chi connectivity index (χ4v) is 2.10. The molecule has 2 N–H and O–H groups in total. The predicted octanol–water partition coefficient (Wildman–Crippen LogP) is 1.57. The number of benzene rings is 1. The molecule has 0 aliphatic carbocycles. The molecule has 0 atom stereocenters. The van der Waals surface area contributed by atoms with Gasteiger partial charge in [0.25, 0.3) is 0 Å². The standard InChI is InChI=1S/C14H11N5O/c15-3-4-16-14-17-7-11(8-18-14)9-1-2-12-10(5-9)6-13(20)19-12/h1-2,5,7-8H,4,6H2,(H,19,20)(H,16,17,18). The summed E-state index contributed by atoms with van der Waals surface area (Å²) in [5, 5.41) is 14.0. The average molecular weight is 265 g/mol. The maximum Gasteiger partial charge on any atom is 0.228 e. The summed E-state index contributed by atoms with van der Waals surface area (Å²) in [6.07, 6.45) is 3.79. The van der Waals surface area contributed by atoms with Crippen LogP contribution in [0.4, 0.5) is 11.6 Å². The molecule has 1 aliphatic heterocycles. The Morgan fingerprint density at radius 1 is 1.30 bits per heavy atom. The maximum atomic E-state index is 11.3. The van der Waals surface area contributed by atoms with Gasteiger partial charge in [-0.1, -0.05) is 6.07 Å². The van der Waals surface area contributed by atoms with Crippen molar-refractivity contribution < 1.29 is 4.79 Å². The molecule has 0 fully saturated rings. The van der Waals surface area contributed by atoms with Crippen LogP contribution in [0.2, 0.25) is 0 Å². The van der Waals surface area contributed by atoms with Crippen LogP contribution in [0.5, 0.6) is 0 Å². The minimum Gasteiger partial charge on any atom is -0.341 e. The van der Waals surface area contributed by atoms with Gasteiger partial charge in [-0.15, -0.1) is 0 Å². The van der Waals surface area contributed by atoms with Gasteiger partial charge < -0.3 is 10.6 Å². The van der Waals surface area contributed by atoms with Crippen molar-refractivity contribution in [2.45, 2.75) is 6.42 Å². The highest BCUT2D eigenvalue weighted by atomic mass is 16.1. The van der Waals surface area contributed by atoms with Gasteiger partial charge >= 0.3 is 0 Å². The number of rotatable bonds is 3. The van der Waals surface area contributed by atoms with E-state index in [0.29, 0.717) is 12.4 Å². The number of amides is 1. The van der Waals surface area contributed by atoms with Crippen molar-refractivity contribution in [3.05, 3.63) is 36.2 Å². The summed E-state index contributed by atoms with van der Waals surface area (Å²) in [6, 6.07) is 7.74. The molecule has 1 amide bonds. The van der Waals surface area contributed by atoms with E-state index in [1.807, 2.05) is 24.3 Å². The molecule has 6 heteroatoms. The Balaban J connectivity index is 1.85. The van der Waals surface area contributed by atoms with Crippen LogP contribution in [-0.2, 0) is 11.2 Å². The number of aromatic nitrogens is 2. The fraction of sp³-hybridized carbons (Fsp3) is 0.143. The van der Waals surface area contributed by atoms with Crippen molar-refractivity contribution in [1.82, 2.24) is 9.97 Å². The van der Waals surface area contributed by atoms with E-state index in [1.165, 1.54) is 0 Å². The Morgan fingerprint density at radius 3 is 2.85 bits per heavy atom. The number of nitriles is 1. The van der Waals surface area contributed by atoms with Crippen molar-refractivity contribution in [3.63, 3.8) is 0 Å². The zero-order valence-corrected chi connectivity index (χ0v) is 10.6. The van der Waals surface area contributed by atoms with Crippen molar-refractivity contribution >= 4 is 17.5 Å². The molecule has 0 spiro atoms. The van der Waals surface area contributed by atoms with Crippen LogP contribution in [0.25, 0.3) is 11.1 Å². The van der Waals surface area contributed by atoms with Crippen LogP contribution in [-0.4, -0.2) is 22.4 Å². The Labute approximate surface area is 115 Å². The number of anilines is 2. The SMILES string of the molecule is N#CCNc1ncc(-c2ccc3c(c2)CC(=O)N3)cn1. The molecule has 20 heavy (non-hydrogen) atoms. The number of hydrogen-bond acceptors (Lipinski definition) is 5. The summed E-state index contributed by atoms with van der Waals surface area (Å²) < 4.78 is 0. The minimum atomic E-state index is 0.0180. The summed E-state index contributed by atoms with van der Waals surface area (Å²) in [5.74, 6) is 0.442. The normalized spacial score (nSPS) is 12.4. The quantitative estimate of drug-likeness (QED) is 0.822. The topological polar surface area (TPSA) is 90.7 Å². The molecule has 98 valence electrons. The van der Waals surface area contributed by atoms with Gasteiger partial charge in [0.2, 0.25) is 11.9 Å². The first kappa shape index (κ1) is 12.1. The molecule has 2 aromatic rings. The lowest BCUT2D eigenvalue weighted by Gasteiger charge is -2.05. The second kappa shape index (κ2) is 4.97. The molecule has 0 unspecified atom stereocenters. The van der Waals surface area contributed by atoms with Gasteiger partial charge in [-0.25, -0.2) is 9.97 Å². The van der Waals surface area contributed by atoms with Gasteiger partial charge in [-0.05, 0) is 23.3 Å². The van der Waals surface area contributed by atoms with E-state index < -0.39 is 0 Å². The summed E-state index contributed by atoms with van der Waals surface area (Å²) in [6.45, 7) is 0.173. The van der Waals surface area contributed by atoms with E-state index in [1.54, 1.807) is 12.4 Å². The third kappa shape index (κ3) is 2.29. The number of carbonyl (C=O) groups excluding carboxylic acids is 1.